The number of thiophene rings is 1. The molecular formula is C18H15ClN10O8S. The van der Waals surface area contributed by atoms with Crippen molar-refractivity contribution in [2.24, 2.45) is 0 Å². The molecule has 1 aliphatic carbocycles. The van der Waals surface area contributed by atoms with Crippen LogP contribution < -0.4 is 11.1 Å². The molecule has 2 unspecified atom stereocenters. The lowest BCUT2D eigenvalue weighted by Crippen LogP contribution is -2.50. The van der Waals surface area contributed by atoms with Gasteiger partial charge in [0, 0.05) is 11.1 Å². The summed E-state index contributed by atoms with van der Waals surface area (Å²) in [4.78, 5) is 35.7. The van der Waals surface area contributed by atoms with Crippen LogP contribution in [0.3, 0.4) is 0 Å². The summed E-state index contributed by atoms with van der Waals surface area (Å²) in [6.45, 7) is 0. The van der Waals surface area contributed by atoms with Crippen molar-refractivity contribution >= 4 is 57.5 Å². The van der Waals surface area contributed by atoms with Crippen molar-refractivity contribution in [3.8, 4) is 0 Å². The summed E-state index contributed by atoms with van der Waals surface area (Å²) >= 11 is 6.72. The summed E-state index contributed by atoms with van der Waals surface area (Å²) in [5.41, 5.74) is 1.55. The molecule has 0 radical (unpaired) electrons. The Morgan fingerprint density at radius 3 is 2.76 bits per heavy atom. The van der Waals surface area contributed by atoms with Crippen molar-refractivity contribution < 1.29 is 39.5 Å². The van der Waals surface area contributed by atoms with E-state index in [0.29, 0.717) is 0 Å². The number of tetrazole rings is 1. The maximum absolute atomic E-state index is 12.5. The lowest BCUT2D eigenvalue weighted by atomic mass is 10.1. The Morgan fingerprint density at radius 2 is 2.16 bits per heavy atom. The Labute approximate surface area is 218 Å². The van der Waals surface area contributed by atoms with Crippen LogP contribution in [0.15, 0.2) is 17.8 Å². The van der Waals surface area contributed by atoms with Crippen molar-refractivity contribution in [2.45, 2.75) is 35.9 Å². The van der Waals surface area contributed by atoms with Crippen LogP contribution in [0, 0.1) is 0 Å². The highest BCUT2D eigenvalue weighted by atomic mass is 35.5. The van der Waals surface area contributed by atoms with Crippen LogP contribution in [0.25, 0.3) is 11.2 Å². The largest absolute Gasteiger partial charge is 0.477 e. The number of aromatic nitrogens is 8. The number of anilines is 2. The van der Waals surface area contributed by atoms with Gasteiger partial charge in [-0.3, -0.25) is 4.57 Å². The van der Waals surface area contributed by atoms with Crippen LogP contribution in [0.5, 0.6) is 0 Å². The number of rotatable bonds is 8. The van der Waals surface area contributed by atoms with Crippen molar-refractivity contribution in [1.82, 2.24) is 40.1 Å². The van der Waals surface area contributed by atoms with Gasteiger partial charge in [0.25, 0.3) is 0 Å². The topological polar surface area (TPSA) is 270 Å². The molecule has 6 atom stereocenters. The second-order valence-corrected chi connectivity index (χ2v) is 9.62. The fraction of sp³-hybridized carbons (Fsp3) is 0.333. The number of aromatic amines is 1. The van der Waals surface area contributed by atoms with Crippen LogP contribution in [0.1, 0.15) is 21.7 Å². The predicted molar refractivity (Wildman–Crippen MR) is 123 cm³/mol. The number of aliphatic hydroxyl groups excluding tert-OH is 1. The molecule has 1 saturated carbocycles. The molecule has 1 saturated heterocycles. The number of nitrogens with two attached hydrogens (primary N) is 1. The van der Waals surface area contributed by atoms with E-state index in [9.17, 15) is 30.0 Å². The molecule has 0 spiro atoms. The number of carboxylic acids is 2. The van der Waals surface area contributed by atoms with E-state index in [-0.39, 0.29) is 32.8 Å². The van der Waals surface area contributed by atoms with Crippen LogP contribution in [-0.2, 0) is 20.0 Å². The van der Waals surface area contributed by atoms with Crippen molar-refractivity contribution in [3.63, 3.8) is 0 Å². The molecule has 0 aromatic carbocycles. The number of halogens is 1. The fourth-order valence-corrected chi connectivity index (χ4v) is 5.18. The summed E-state index contributed by atoms with van der Waals surface area (Å²) < 4.78 is 12.9. The van der Waals surface area contributed by atoms with Crippen LogP contribution in [-0.4, -0.2) is 96.4 Å². The second kappa shape index (κ2) is 8.24. The number of ether oxygens (including phenoxy) is 2. The molecule has 8 N–H and O–H groups in total. The van der Waals surface area contributed by atoms with Gasteiger partial charge in [0.15, 0.2) is 23.3 Å². The van der Waals surface area contributed by atoms with E-state index in [2.05, 4.69) is 40.9 Å². The van der Waals surface area contributed by atoms with E-state index in [1.807, 2.05) is 0 Å². The summed E-state index contributed by atoms with van der Waals surface area (Å²) in [5, 5.41) is 58.3. The average Bonchev–Trinajstić information content (AvgIpc) is 3.50. The van der Waals surface area contributed by atoms with Gasteiger partial charge in [-0.15, -0.1) is 21.5 Å². The van der Waals surface area contributed by atoms with E-state index in [0.717, 1.165) is 11.3 Å². The smallest absolute Gasteiger partial charge is 0.366 e. The molecule has 5 heterocycles. The van der Waals surface area contributed by atoms with E-state index < -0.39 is 53.6 Å². The molecule has 198 valence electrons. The van der Waals surface area contributed by atoms with Gasteiger partial charge < -0.3 is 41.0 Å². The number of carboxylic acid groups (broad SMARTS) is 2. The zero-order valence-corrected chi connectivity index (χ0v) is 20.0. The molecular weight excluding hydrogens is 552 g/mol. The maximum Gasteiger partial charge on any atom is 0.366 e. The van der Waals surface area contributed by atoms with Crippen molar-refractivity contribution in [3.05, 3.63) is 33.8 Å². The minimum Gasteiger partial charge on any atom is -0.477 e. The molecule has 4 aromatic heterocycles. The normalized spacial score (nSPS) is 27.7. The number of nitrogens with zero attached hydrogens (tertiary/aromatic N) is 7. The van der Waals surface area contributed by atoms with Crippen LogP contribution in [0.2, 0.25) is 5.28 Å². The number of nitrogens with one attached hydrogen (secondary N) is 2. The minimum absolute atomic E-state index is 0.00627. The number of imidazole rings is 1. The number of aliphatic carboxylic acids is 1. The maximum atomic E-state index is 12.5. The first-order valence-corrected chi connectivity index (χ1v) is 11.8. The average molecular weight is 567 g/mol. The summed E-state index contributed by atoms with van der Waals surface area (Å²) in [6, 6.07) is 1.18. The molecule has 0 amide bonds. The zero-order valence-electron chi connectivity index (χ0n) is 18.5. The van der Waals surface area contributed by atoms with Crippen molar-refractivity contribution in [1.29, 1.82) is 0 Å². The molecule has 18 nitrogen and oxygen atoms in total. The highest BCUT2D eigenvalue weighted by molar-refractivity contribution is 7.12. The first-order valence-electron chi connectivity index (χ1n) is 10.5. The number of carbonyl (C=O) groups is 2. The number of fused-ring (bicyclic) bond motifs is 2. The molecule has 4 aromatic rings. The Kier molecular flexibility index (Phi) is 5.28. The fourth-order valence-electron chi connectivity index (χ4n) is 4.33. The Hall–Kier alpha value is -4.01. The second-order valence-electron chi connectivity index (χ2n) is 8.37. The van der Waals surface area contributed by atoms with Gasteiger partial charge in [-0.25, -0.2) is 14.6 Å². The molecule has 0 bridgehead atoms. The Balaban J connectivity index is 1.31. The Bertz CT molecular complexity index is 1580. The van der Waals surface area contributed by atoms with Gasteiger partial charge in [-0.2, -0.15) is 15.2 Å². The van der Waals surface area contributed by atoms with Gasteiger partial charge >= 0.3 is 17.7 Å². The lowest BCUT2D eigenvalue weighted by molar-refractivity contribution is -0.181. The minimum atomic E-state index is -2.57. The van der Waals surface area contributed by atoms with Gasteiger partial charge in [0.2, 0.25) is 11.1 Å². The molecule has 2 fully saturated rings. The summed E-state index contributed by atoms with van der Waals surface area (Å²) in [5.74, 6) is -3.37. The summed E-state index contributed by atoms with van der Waals surface area (Å²) in [6.07, 6.45) is -4.21. The highest BCUT2D eigenvalue weighted by Gasteiger charge is 2.80. The molecule has 1 aliphatic heterocycles. The Morgan fingerprint density at radius 1 is 1.37 bits per heavy atom. The molecule has 20 heteroatoms. The number of aliphatic hydroxyl groups is 2. The number of hydrogen-bond donors (Lipinski definition) is 7. The van der Waals surface area contributed by atoms with E-state index in [4.69, 9.17) is 26.8 Å². The quantitative estimate of drug-likeness (QED) is 0.0971. The number of aromatic carboxylic acids is 1. The van der Waals surface area contributed by atoms with E-state index in [1.165, 1.54) is 22.3 Å². The van der Waals surface area contributed by atoms with Crippen LogP contribution in [0.4, 0.5) is 11.5 Å². The first-order chi connectivity index (χ1) is 18.1. The highest BCUT2D eigenvalue weighted by Crippen LogP contribution is 2.57. The third-order valence-electron chi connectivity index (χ3n) is 6.20. The number of hydrogen-bond acceptors (Lipinski definition) is 15. The third-order valence-corrected chi connectivity index (χ3v) is 7.29. The van der Waals surface area contributed by atoms with Gasteiger partial charge in [0.05, 0.1) is 6.33 Å². The number of nitrogen functional groups attached to an aromatic ring is 1. The summed E-state index contributed by atoms with van der Waals surface area (Å²) in [7, 11) is 0. The van der Waals surface area contributed by atoms with Gasteiger partial charge in [-0.1, -0.05) is 0 Å². The first kappa shape index (κ1) is 24.3. The van der Waals surface area contributed by atoms with Gasteiger partial charge in [-0.05, 0) is 22.9 Å². The number of H-pyrrole nitrogens is 1. The molecule has 38 heavy (non-hydrogen) atoms. The SMILES string of the molecule is Nc1nc(Cl)nc2c1ncn2[C@@H]1O[C@@H]2C(OC(Nc3csc(C(=O)O)c3)(C(=O)O)c3nn[nH]n3)[C@]2(O)[C@H]1O. The van der Waals surface area contributed by atoms with E-state index >= 15 is 0 Å². The molecule has 2 aliphatic rings. The predicted octanol–water partition coefficient (Wildman–Crippen LogP) is -1.23. The third kappa shape index (κ3) is 3.40. The zero-order chi connectivity index (χ0) is 27.0. The lowest BCUT2D eigenvalue weighted by Gasteiger charge is -2.30. The molecule has 6 rings (SSSR count). The standard InChI is InChI=1S/C18H15ClN10O8S/c19-16-22-10(20)6-11(23-16)29(3-21-6)12-7(30)17(35)8(36-12)9(17)37-18(15(33)34,14-25-27-28-26-14)24-4-1-5(13(31)32)38-2-4/h1-3,7-9,12,24,30,35H,(H,31,32)(H,33,34)(H2,20,22,23)(H,25,26,27,28)/t7-,8+,9?,12+,17-,18?/m0/s1. The van der Waals surface area contributed by atoms with Crippen molar-refractivity contribution in [2.75, 3.05) is 11.1 Å². The van der Waals surface area contributed by atoms with Gasteiger partial charge in [0.1, 0.15) is 28.7 Å². The monoisotopic (exact) mass is 566 g/mol. The van der Waals surface area contributed by atoms with Crippen LogP contribution >= 0.6 is 22.9 Å². The van der Waals surface area contributed by atoms with E-state index in [1.54, 1.807) is 0 Å².